The van der Waals surface area contributed by atoms with Crippen molar-refractivity contribution < 1.29 is 0 Å². The van der Waals surface area contributed by atoms with E-state index in [1.165, 1.54) is 0 Å². The van der Waals surface area contributed by atoms with Gasteiger partial charge in [-0.05, 0) is 32.8 Å². The third-order valence-corrected chi connectivity index (χ3v) is 1.25. The summed E-state index contributed by atoms with van der Waals surface area (Å²) in [4.78, 5) is 0. The molecular weight excluding hydrogens is 144 g/mol. The molecule has 1 atom stereocenters. The van der Waals surface area contributed by atoms with E-state index in [0.29, 0.717) is 0 Å². The van der Waals surface area contributed by atoms with Gasteiger partial charge in [0.1, 0.15) is 0 Å². The Morgan fingerprint density at radius 3 is 2.70 bits per heavy atom. The summed E-state index contributed by atoms with van der Waals surface area (Å²) in [5.41, 5.74) is 1.11. The van der Waals surface area contributed by atoms with E-state index in [9.17, 15) is 0 Å². The van der Waals surface area contributed by atoms with Crippen molar-refractivity contribution in [3.05, 3.63) is 11.6 Å². The molecule has 0 amide bonds. The third-order valence-electron chi connectivity index (χ3n) is 1.07. The molecule has 0 aromatic heterocycles. The fourth-order valence-corrected chi connectivity index (χ4v) is 0.676. The van der Waals surface area contributed by atoms with Crippen LogP contribution in [0.25, 0.3) is 0 Å². The van der Waals surface area contributed by atoms with Gasteiger partial charge in [0.15, 0.2) is 0 Å². The fraction of sp³-hybridized carbons (Fsp3) is 0.556. The second-order valence-corrected chi connectivity index (χ2v) is 3.02. The van der Waals surface area contributed by atoms with Crippen LogP contribution in [0, 0.1) is 11.8 Å². The molecule has 0 fully saturated rings. The summed E-state index contributed by atoms with van der Waals surface area (Å²) in [5.74, 6) is 5.78. The van der Waals surface area contributed by atoms with Gasteiger partial charge in [0.25, 0.3) is 0 Å². The lowest BCUT2D eigenvalue weighted by Gasteiger charge is -1.94. The average molecular weight is 157 g/mol. The summed E-state index contributed by atoms with van der Waals surface area (Å²) in [7, 11) is 0. The van der Waals surface area contributed by atoms with E-state index >= 15 is 0 Å². The van der Waals surface area contributed by atoms with Gasteiger partial charge in [-0.2, -0.15) is 0 Å². The van der Waals surface area contributed by atoms with Gasteiger partial charge in [-0.3, -0.25) is 0 Å². The van der Waals surface area contributed by atoms with Crippen LogP contribution < -0.4 is 0 Å². The van der Waals surface area contributed by atoms with Gasteiger partial charge in [0.05, 0.1) is 0 Å². The highest BCUT2D eigenvalue weighted by molar-refractivity contribution is 6.20. The first-order valence-electron chi connectivity index (χ1n) is 3.40. The molecule has 10 heavy (non-hydrogen) atoms. The summed E-state index contributed by atoms with van der Waals surface area (Å²) in [6.07, 6.45) is 2.97. The zero-order chi connectivity index (χ0) is 7.98. The van der Waals surface area contributed by atoms with E-state index in [1.54, 1.807) is 0 Å². The van der Waals surface area contributed by atoms with Crippen molar-refractivity contribution in [1.29, 1.82) is 0 Å². The summed E-state index contributed by atoms with van der Waals surface area (Å²) < 4.78 is 0. The molecule has 0 aromatic carbocycles. The van der Waals surface area contributed by atoms with Crippen molar-refractivity contribution in [2.45, 2.75) is 32.6 Å². The Balaban J connectivity index is 3.76. The van der Waals surface area contributed by atoms with Gasteiger partial charge in [-0.25, -0.2) is 0 Å². The predicted molar refractivity (Wildman–Crippen MR) is 47.1 cm³/mol. The molecule has 1 unspecified atom stereocenters. The molecule has 1 heteroatoms. The van der Waals surface area contributed by atoms with Crippen LogP contribution in [0.2, 0.25) is 0 Å². The van der Waals surface area contributed by atoms with Crippen molar-refractivity contribution in [2.75, 3.05) is 0 Å². The molecule has 0 N–H and O–H groups in total. The maximum Gasteiger partial charge on any atom is 0.0342 e. The molecule has 0 aliphatic carbocycles. The lowest BCUT2D eigenvalue weighted by atomic mass is 10.2. The zero-order valence-corrected chi connectivity index (χ0v) is 7.50. The largest absolute Gasteiger partial charge is 0.123 e. The Bertz CT molecular complexity index is 167. The molecule has 0 bridgehead atoms. The summed E-state index contributed by atoms with van der Waals surface area (Å²) in [5, 5.41) is 0.216. The smallest absolute Gasteiger partial charge is 0.0342 e. The molecular formula is C9H13Cl. The van der Waals surface area contributed by atoms with Crippen LogP contribution in [-0.2, 0) is 0 Å². The quantitative estimate of drug-likeness (QED) is 0.426. The van der Waals surface area contributed by atoms with E-state index in [-0.39, 0.29) is 5.38 Å². The highest BCUT2D eigenvalue weighted by Gasteiger charge is 1.90. The van der Waals surface area contributed by atoms with Crippen molar-refractivity contribution >= 4 is 11.6 Å². The SMILES string of the molecule is CC#C/C(C)=C\CC(C)Cl. The number of allylic oxidation sites excluding steroid dienone is 2. The standard InChI is InChI=1S/C9H13Cl/c1-4-5-8(2)6-7-9(3)10/h6,9H,7H2,1-3H3/b8-6-. The first-order valence-corrected chi connectivity index (χ1v) is 3.84. The molecule has 0 radical (unpaired) electrons. The Kier molecular flexibility index (Phi) is 5.16. The first kappa shape index (κ1) is 9.59. The Hall–Kier alpha value is -0.410. The fourth-order valence-electron chi connectivity index (χ4n) is 0.587. The van der Waals surface area contributed by atoms with Crippen LogP contribution in [0.3, 0.4) is 0 Å². The molecule has 0 spiro atoms. The lowest BCUT2D eigenvalue weighted by Crippen LogP contribution is -1.86. The maximum atomic E-state index is 5.73. The Labute approximate surface area is 68.3 Å². The van der Waals surface area contributed by atoms with Gasteiger partial charge in [-0.1, -0.05) is 12.0 Å². The number of alkyl halides is 1. The van der Waals surface area contributed by atoms with E-state index in [1.807, 2.05) is 20.8 Å². The topological polar surface area (TPSA) is 0 Å². The van der Waals surface area contributed by atoms with E-state index in [2.05, 4.69) is 17.9 Å². The summed E-state index contributed by atoms with van der Waals surface area (Å²) in [6.45, 7) is 5.81. The minimum absolute atomic E-state index is 0.216. The van der Waals surface area contributed by atoms with Gasteiger partial charge >= 0.3 is 0 Å². The van der Waals surface area contributed by atoms with Crippen molar-refractivity contribution in [3.63, 3.8) is 0 Å². The Morgan fingerprint density at radius 2 is 2.30 bits per heavy atom. The summed E-state index contributed by atoms with van der Waals surface area (Å²) >= 11 is 5.73. The van der Waals surface area contributed by atoms with Crippen LogP contribution in [0.5, 0.6) is 0 Å². The monoisotopic (exact) mass is 156 g/mol. The van der Waals surface area contributed by atoms with Gasteiger partial charge in [0.2, 0.25) is 0 Å². The molecule has 0 aromatic rings. The van der Waals surface area contributed by atoms with E-state index < -0.39 is 0 Å². The van der Waals surface area contributed by atoms with Gasteiger partial charge < -0.3 is 0 Å². The molecule has 0 saturated heterocycles. The second kappa shape index (κ2) is 5.38. The van der Waals surface area contributed by atoms with Crippen molar-refractivity contribution in [1.82, 2.24) is 0 Å². The van der Waals surface area contributed by atoms with Gasteiger partial charge in [0, 0.05) is 5.38 Å². The van der Waals surface area contributed by atoms with Crippen LogP contribution in [0.1, 0.15) is 27.2 Å². The predicted octanol–water partition coefficient (Wildman–Crippen LogP) is 2.97. The highest BCUT2D eigenvalue weighted by Crippen LogP contribution is 2.03. The van der Waals surface area contributed by atoms with E-state index in [0.717, 1.165) is 12.0 Å². The number of rotatable bonds is 2. The van der Waals surface area contributed by atoms with Crippen molar-refractivity contribution in [2.24, 2.45) is 0 Å². The number of halogens is 1. The minimum Gasteiger partial charge on any atom is -0.123 e. The average Bonchev–Trinajstić information content (AvgIpc) is 1.85. The minimum atomic E-state index is 0.216. The van der Waals surface area contributed by atoms with Crippen molar-refractivity contribution in [3.8, 4) is 11.8 Å². The molecule has 0 saturated carbocycles. The van der Waals surface area contributed by atoms with Gasteiger partial charge in [-0.15, -0.1) is 17.5 Å². The third kappa shape index (κ3) is 5.72. The normalized spacial score (nSPS) is 13.8. The Morgan fingerprint density at radius 1 is 1.70 bits per heavy atom. The number of hydrogen-bond acceptors (Lipinski definition) is 0. The van der Waals surface area contributed by atoms with Crippen LogP contribution in [0.15, 0.2) is 11.6 Å². The second-order valence-electron chi connectivity index (χ2n) is 2.28. The van der Waals surface area contributed by atoms with Crippen LogP contribution in [0.4, 0.5) is 0 Å². The summed E-state index contributed by atoms with van der Waals surface area (Å²) in [6, 6.07) is 0. The molecule has 0 aliphatic heterocycles. The number of hydrogen-bond donors (Lipinski definition) is 0. The maximum absolute atomic E-state index is 5.73. The zero-order valence-electron chi connectivity index (χ0n) is 6.74. The molecule has 56 valence electrons. The molecule has 0 rings (SSSR count). The lowest BCUT2D eigenvalue weighted by molar-refractivity contribution is 0.963. The first-order chi connectivity index (χ1) is 4.66. The molecule has 0 nitrogen and oxygen atoms in total. The van der Waals surface area contributed by atoms with Crippen LogP contribution in [-0.4, -0.2) is 5.38 Å². The van der Waals surface area contributed by atoms with Crippen LogP contribution >= 0.6 is 11.6 Å². The molecule has 0 aliphatic rings. The van der Waals surface area contributed by atoms with E-state index in [4.69, 9.17) is 11.6 Å². The highest BCUT2D eigenvalue weighted by atomic mass is 35.5. The molecule has 0 heterocycles.